The van der Waals surface area contributed by atoms with Crippen LogP contribution in [0, 0.1) is 0 Å². The van der Waals surface area contributed by atoms with Crippen molar-refractivity contribution in [3.8, 4) is 0 Å². The van der Waals surface area contributed by atoms with E-state index in [1.54, 1.807) is 27.7 Å². The molecule has 1 atom stereocenters. The van der Waals surface area contributed by atoms with Crippen LogP contribution in [-0.4, -0.2) is 58.6 Å². The number of rotatable bonds is 6. The molecular formula is C22H27NO7. The molecule has 1 aliphatic heterocycles. The lowest BCUT2D eigenvalue weighted by Gasteiger charge is -2.28. The fourth-order valence-corrected chi connectivity index (χ4v) is 3.09. The number of ether oxygens (including phenoxy) is 2. The minimum atomic E-state index is -1.08. The Labute approximate surface area is 175 Å². The van der Waals surface area contributed by atoms with Crippen LogP contribution < -0.4 is 0 Å². The van der Waals surface area contributed by atoms with Gasteiger partial charge in [0.25, 0.3) is 0 Å². The lowest BCUT2D eigenvalue weighted by atomic mass is 9.99. The van der Waals surface area contributed by atoms with Crippen LogP contribution in [0.2, 0.25) is 0 Å². The smallest absolute Gasteiger partial charge is 0.410 e. The second kappa shape index (κ2) is 9.56. The molecule has 162 valence electrons. The van der Waals surface area contributed by atoms with Gasteiger partial charge in [0.1, 0.15) is 11.2 Å². The summed E-state index contributed by atoms with van der Waals surface area (Å²) < 4.78 is 10.4. The van der Waals surface area contributed by atoms with Gasteiger partial charge >= 0.3 is 18.0 Å². The number of benzene rings is 1. The van der Waals surface area contributed by atoms with Crippen molar-refractivity contribution in [2.24, 2.45) is 0 Å². The molecule has 8 nitrogen and oxygen atoms in total. The van der Waals surface area contributed by atoms with Gasteiger partial charge in [0.05, 0.1) is 18.2 Å². The number of esters is 1. The van der Waals surface area contributed by atoms with Crippen molar-refractivity contribution in [2.75, 3.05) is 13.2 Å². The van der Waals surface area contributed by atoms with Crippen molar-refractivity contribution in [3.63, 3.8) is 0 Å². The van der Waals surface area contributed by atoms with Crippen LogP contribution in [0.25, 0.3) is 6.08 Å². The number of hydrogen-bond donors (Lipinski definition) is 1. The quantitative estimate of drug-likeness (QED) is 0.327. The first-order valence-electron chi connectivity index (χ1n) is 9.79. The molecule has 1 aliphatic rings. The summed E-state index contributed by atoms with van der Waals surface area (Å²) in [6.45, 7) is 7.29. The van der Waals surface area contributed by atoms with E-state index in [0.717, 1.165) is 0 Å². The molecule has 1 aromatic rings. The fourth-order valence-electron chi connectivity index (χ4n) is 3.09. The molecule has 0 aliphatic carbocycles. The van der Waals surface area contributed by atoms with E-state index in [4.69, 9.17) is 14.6 Å². The maximum absolute atomic E-state index is 13.2. The number of hydrogen-bond acceptors (Lipinski definition) is 6. The van der Waals surface area contributed by atoms with Crippen molar-refractivity contribution >= 4 is 29.9 Å². The van der Waals surface area contributed by atoms with Gasteiger partial charge in [-0.3, -0.25) is 9.69 Å². The molecule has 0 saturated carbocycles. The number of carboxylic acid groups (broad SMARTS) is 1. The molecule has 1 aromatic carbocycles. The zero-order chi connectivity index (χ0) is 22.5. The third-order valence-electron chi connectivity index (χ3n) is 4.41. The SMILES string of the molecule is CCOC(=O)/C(=C/c1ccc(C(=O)O)cc1)C(=O)C1CCCN1C(=O)OC(C)(C)C. The Morgan fingerprint density at radius 3 is 2.33 bits per heavy atom. The summed E-state index contributed by atoms with van der Waals surface area (Å²) in [6, 6.07) is 4.93. The molecule has 1 saturated heterocycles. The third-order valence-corrected chi connectivity index (χ3v) is 4.41. The Balaban J connectivity index is 2.33. The molecule has 1 fully saturated rings. The number of carboxylic acids is 1. The summed E-state index contributed by atoms with van der Waals surface area (Å²) >= 11 is 0. The molecule has 30 heavy (non-hydrogen) atoms. The van der Waals surface area contributed by atoms with Crippen molar-refractivity contribution < 1.29 is 33.8 Å². The van der Waals surface area contributed by atoms with Crippen molar-refractivity contribution in [1.82, 2.24) is 4.90 Å². The molecule has 0 radical (unpaired) electrons. The van der Waals surface area contributed by atoms with Crippen molar-refractivity contribution in [3.05, 3.63) is 41.0 Å². The first-order valence-corrected chi connectivity index (χ1v) is 9.79. The molecule has 0 bridgehead atoms. The average molecular weight is 417 g/mol. The van der Waals surface area contributed by atoms with Crippen molar-refractivity contribution in [1.29, 1.82) is 0 Å². The molecule has 0 aromatic heterocycles. The Morgan fingerprint density at radius 1 is 1.17 bits per heavy atom. The number of carbonyl (C=O) groups is 4. The lowest BCUT2D eigenvalue weighted by Crippen LogP contribution is -2.44. The number of carbonyl (C=O) groups excluding carboxylic acids is 3. The maximum Gasteiger partial charge on any atom is 0.410 e. The minimum Gasteiger partial charge on any atom is -0.478 e. The fraction of sp³-hybridized carbons (Fsp3) is 0.455. The summed E-state index contributed by atoms with van der Waals surface area (Å²) in [5, 5.41) is 9.02. The highest BCUT2D eigenvalue weighted by atomic mass is 16.6. The van der Waals surface area contributed by atoms with Gasteiger partial charge in [0, 0.05) is 6.54 Å². The van der Waals surface area contributed by atoms with Gasteiger partial charge in [0.15, 0.2) is 5.78 Å². The van der Waals surface area contributed by atoms with Gasteiger partial charge in [0.2, 0.25) is 0 Å². The highest BCUT2D eigenvalue weighted by molar-refractivity contribution is 6.22. The largest absolute Gasteiger partial charge is 0.478 e. The zero-order valence-electron chi connectivity index (χ0n) is 17.6. The second-order valence-corrected chi connectivity index (χ2v) is 7.90. The van der Waals surface area contributed by atoms with Gasteiger partial charge in [-0.1, -0.05) is 12.1 Å². The van der Waals surface area contributed by atoms with E-state index in [9.17, 15) is 19.2 Å². The molecule has 1 N–H and O–H groups in total. The number of nitrogens with zero attached hydrogens (tertiary/aromatic N) is 1. The van der Waals surface area contributed by atoms with Gasteiger partial charge in [-0.15, -0.1) is 0 Å². The second-order valence-electron chi connectivity index (χ2n) is 7.90. The number of Topliss-reactive ketones (excluding diaryl/α,β-unsaturated/α-hetero) is 1. The number of likely N-dealkylation sites (tertiary alicyclic amines) is 1. The van der Waals surface area contributed by atoms with E-state index in [0.29, 0.717) is 24.9 Å². The predicted octanol–water partition coefficient (Wildman–Crippen LogP) is 3.30. The topological polar surface area (TPSA) is 110 Å². The number of aromatic carboxylic acids is 1. The van der Waals surface area contributed by atoms with E-state index in [1.807, 2.05) is 0 Å². The van der Waals surface area contributed by atoms with Crippen LogP contribution in [0.3, 0.4) is 0 Å². The lowest BCUT2D eigenvalue weighted by molar-refractivity contribution is -0.140. The van der Waals surface area contributed by atoms with Gasteiger partial charge in [-0.05, 0) is 64.3 Å². The normalized spacial score (nSPS) is 16.9. The summed E-state index contributed by atoms with van der Waals surface area (Å²) in [4.78, 5) is 50.6. The third kappa shape index (κ3) is 5.92. The molecule has 8 heteroatoms. The number of amides is 1. The Kier molecular flexibility index (Phi) is 7.37. The van der Waals surface area contributed by atoms with Gasteiger partial charge in [-0.2, -0.15) is 0 Å². The summed E-state index contributed by atoms with van der Waals surface area (Å²) in [5.41, 5.74) is -0.347. The highest BCUT2D eigenvalue weighted by Gasteiger charge is 2.39. The van der Waals surface area contributed by atoms with Crippen molar-refractivity contribution in [2.45, 2.75) is 52.2 Å². The molecular weight excluding hydrogens is 390 g/mol. The first kappa shape index (κ1) is 23.1. The molecule has 0 spiro atoms. The van der Waals surface area contributed by atoms with Crippen LogP contribution in [0.15, 0.2) is 29.8 Å². The van der Waals surface area contributed by atoms with E-state index in [1.165, 1.54) is 35.2 Å². The van der Waals surface area contributed by atoms with E-state index in [2.05, 4.69) is 0 Å². The Bertz CT molecular complexity index is 849. The molecule has 2 rings (SSSR count). The highest BCUT2D eigenvalue weighted by Crippen LogP contribution is 2.25. The monoisotopic (exact) mass is 417 g/mol. The van der Waals surface area contributed by atoms with Crippen LogP contribution in [0.4, 0.5) is 4.79 Å². The molecule has 1 amide bonds. The first-order chi connectivity index (χ1) is 14.0. The summed E-state index contributed by atoms with van der Waals surface area (Å²) in [6.07, 6.45) is 1.77. The van der Waals surface area contributed by atoms with Crippen LogP contribution in [-0.2, 0) is 19.1 Å². The van der Waals surface area contributed by atoms with E-state index >= 15 is 0 Å². The van der Waals surface area contributed by atoms with Crippen LogP contribution >= 0.6 is 0 Å². The molecule has 1 unspecified atom stereocenters. The standard InChI is InChI=1S/C22H27NO7/c1-5-29-20(27)16(13-14-8-10-15(11-9-14)19(25)26)18(24)17-7-6-12-23(17)21(28)30-22(2,3)4/h8-11,13,17H,5-7,12H2,1-4H3,(H,25,26)/b16-13+. The predicted molar refractivity (Wildman–Crippen MR) is 109 cm³/mol. The summed E-state index contributed by atoms with van der Waals surface area (Å²) in [7, 11) is 0. The minimum absolute atomic E-state index is 0.0852. The molecule has 1 heterocycles. The van der Waals surface area contributed by atoms with Crippen LogP contribution in [0.1, 0.15) is 56.5 Å². The van der Waals surface area contributed by atoms with Crippen LogP contribution in [0.5, 0.6) is 0 Å². The van der Waals surface area contributed by atoms with Gasteiger partial charge < -0.3 is 14.6 Å². The van der Waals surface area contributed by atoms with E-state index < -0.39 is 35.5 Å². The number of ketones is 1. The average Bonchev–Trinajstić information content (AvgIpc) is 3.15. The van der Waals surface area contributed by atoms with E-state index in [-0.39, 0.29) is 17.7 Å². The zero-order valence-corrected chi connectivity index (χ0v) is 17.6. The Hall–Kier alpha value is -3.16. The maximum atomic E-state index is 13.2. The Morgan fingerprint density at radius 2 is 1.80 bits per heavy atom. The van der Waals surface area contributed by atoms with Gasteiger partial charge in [-0.25, -0.2) is 14.4 Å². The summed E-state index contributed by atoms with van der Waals surface area (Å²) in [5.74, 6) is -2.40.